The second kappa shape index (κ2) is 6.38. The van der Waals surface area contributed by atoms with Gasteiger partial charge < -0.3 is 5.32 Å². The average Bonchev–Trinajstić information content (AvgIpc) is 2.91. The summed E-state index contributed by atoms with van der Waals surface area (Å²) in [5.74, 6) is 1.22. The molecule has 2 aromatic heterocycles. The van der Waals surface area contributed by atoms with Crippen molar-refractivity contribution < 1.29 is 4.39 Å². The number of hydrogen-bond acceptors (Lipinski definition) is 4. The highest BCUT2D eigenvalue weighted by Gasteiger charge is 2.13. The van der Waals surface area contributed by atoms with Gasteiger partial charge in [-0.2, -0.15) is 4.98 Å². The molecular weight excluding hydrogens is 353 g/mol. The molecule has 0 unspecified atom stereocenters. The molecule has 0 spiro atoms. The predicted molar refractivity (Wildman–Crippen MR) is 101 cm³/mol. The van der Waals surface area contributed by atoms with E-state index in [1.807, 2.05) is 38.1 Å². The molecule has 0 radical (unpaired) electrons. The maximum atomic E-state index is 13.7. The average molecular weight is 368 g/mol. The fraction of sp³-hybridized carbons (Fsp3) is 0.105. The molecule has 26 heavy (non-hydrogen) atoms. The monoisotopic (exact) mass is 367 g/mol. The summed E-state index contributed by atoms with van der Waals surface area (Å²) in [6.07, 6.45) is 0. The van der Waals surface area contributed by atoms with Gasteiger partial charge in [0.2, 0.25) is 5.95 Å². The Kier molecular flexibility index (Phi) is 4.05. The first kappa shape index (κ1) is 16.5. The van der Waals surface area contributed by atoms with E-state index >= 15 is 0 Å². The third-order valence-electron chi connectivity index (χ3n) is 4.00. The summed E-state index contributed by atoms with van der Waals surface area (Å²) >= 11 is 6.19. The molecule has 2 heterocycles. The van der Waals surface area contributed by atoms with E-state index in [0.717, 1.165) is 11.3 Å². The molecule has 4 rings (SSSR count). The molecule has 2 aromatic carbocycles. The van der Waals surface area contributed by atoms with Crippen LogP contribution in [0.25, 0.3) is 16.9 Å². The van der Waals surface area contributed by atoms with Gasteiger partial charge in [-0.05, 0) is 38.1 Å². The second-order valence-electron chi connectivity index (χ2n) is 5.99. The Morgan fingerprint density at radius 2 is 1.73 bits per heavy atom. The van der Waals surface area contributed by atoms with Gasteiger partial charge in [0.25, 0.3) is 0 Å². The van der Waals surface area contributed by atoms with Gasteiger partial charge in [-0.15, -0.1) is 0 Å². The molecule has 5 nitrogen and oxygen atoms in total. The van der Waals surface area contributed by atoms with Crippen LogP contribution < -0.4 is 5.32 Å². The fourth-order valence-corrected chi connectivity index (χ4v) is 2.98. The molecule has 0 saturated carbocycles. The summed E-state index contributed by atoms with van der Waals surface area (Å²) in [4.78, 5) is 13.2. The minimum Gasteiger partial charge on any atom is -0.324 e. The maximum Gasteiger partial charge on any atom is 0.230 e. The van der Waals surface area contributed by atoms with Crippen LogP contribution in [0.3, 0.4) is 0 Å². The Hall–Kier alpha value is -2.99. The summed E-state index contributed by atoms with van der Waals surface area (Å²) in [5, 5.41) is 3.42. The first-order valence-electron chi connectivity index (χ1n) is 8.03. The number of imidazole rings is 1. The SMILES string of the molecule is Cc1ccc(Nc2nc(Cl)cc(-n3c(C)nc4ccc(F)cc43)n2)cc1. The van der Waals surface area contributed by atoms with Crippen molar-refractivity contribution in [2.24, 2.45) is 0 Å². The minimum atomic E-state index is -0.336. The van der Waals surface area contributed by atoms with Crippen molar-refractivity contribution in [1.29, 1.82) is 0 Å². The van der Waals surface area contributed by atoms with Gasteiger partial charge in [0.05, 0.1) is 11.0 Å². The van der Waals surface area contributed by atoms with Gasteiger partial charge in [0.1, 0.15) is 22.6 Å². The van der Waals surface area contributed by atoms with Crippen molar-refractivity contribution in [1.82, 2.24) is 19.5 Å². The van der Waals surface area contributed by atoms with Crippen LogP contribution in [0.1, 0.15) is 11.4 Å². The van der Waals surface area contributed by atoms with Crippen molar-refractivity contribution in [3.63, 3.8) is 0 Å². The largest absolute Gasteiger partial charge is 0.324 e. The van der Waals surface area contributed by atoms with E-state index in [1.54, 1.807) is 16.7 Å². The molecule has 0 bridgehead atoms. The van der Waals surface area contributed by atoms with Crippen LogP contribution in [0.2, 0.25) is 5.15 Å². The molecule has 0 aliphatic heterocycles. The minimum absolute atomic E-state index is 0.280. The van der Waals surface area contributed by atoms with Crippen molar-refractivity contribution in [3.8, 4) is 5.82 Å². The lowest BCUT2D eigenvalue weighted by atomic mass is 10.2. The van der Waals surface area contributed by atoms with Gasteiger partial charge in [0.15, 0.2) is 0 Å². The normalized spacial score (nSPS) is 11.1. The molecular formula is C19H15ClFN5. The number of hydrogen-bond donors (Lipinski definition) is 1. The van der Waals surface area contributed by atoms with Gasteiger partial charge in [-0.3, -0.25) is 4.57 Å². The van der Waals surface area contributed by atoms with Crippen molar-refractivity contribution in [2.75, 3.05) is 5.32 Å². The van der Waals surface area contributed by atoms with Crippen molar-refractivity contribution in [2.45, 2.75) is 13.8 Å². The van der Waals surface area contributed by atoms with E-state index in [1.165, 1.54) is 12.1 Å². The summed E-state index contributed by atoms with van der Waals surface area (Å²) < 4.78 is 15.5. The molecule has 0 amide bonds. The molecule has 130 valence electrons. The Balaban J connectivity index is 1.80. The van der Waals surface area contributed by atoms with E-state index in [0.29, 0.717) is 28.6 Å². The smallest absolute Gasteiger partial charge is 0.230 e. The Morgan fingerprint density at radius 3 is 2.50 bits per heavy atom. The highest BCUT2D eigenvalue weighted by molar-refractivity contribution is 6.29. The quantitative estimate of drug-likeness (QED) is 0.519. The number of benzene rings is 2. The molecule has 1 N–H and O–H groups in total. The van der Waals surface area contributed by atoms with Crippen LogP contribution in [0, 0.1) is 19.7 Å². The van der Waals surface area contributed by atoms with Gasteiger partial charge >= 0.3 is 0 Å². The zero-order valence-corrected chi connectivity index (χ0v) is 14.9. The predicted octanol–water partition coefficient (Wildman–Crippen LogP) is 4.97. The van der Waals surface area contributed by atoms with Crippen LogP contribution in [-0.4, -0.2) is 19.5 Å². The molecule has 0 fully saturated rings. The Bertz CT molecular complexity index is 1110. The summed E-state index contributed by atoms with van der Waals surface area (Å²) in [6.45, 7) is 3.85. The lowest BCUT2D eigenvalue weighted by Crippen LogP contribution is -2.05. The first-order chi connectivity index (χ1) is 12.5. The number of anilines is 2. The van der Waals surface area contributed by atoms with Crippen LogP contribution in [0.4, 0.5) is 16.0 Å². The number of aryl methyl sites for hydroxylation is 2. The number of halogens is 2. The Morgan fingerprint density at radius 1 is 0.962 bits per heavy atom. The van der Waals surface area contributed by atoms with Crippen LogP contribution >= 0.6 is 11.6 Å². The summed E-state index contributed by atoms with van der Waals surface area (Å²) in [6, 6.07) is 13.9. The second-order valence-corrected chi connectivity index (χ2v) is 6.38. The lowest BCUT2D eigenvalue weighted by Gasteiger charge is -2.10. The maximum absolute atomic E-state index is 13.7. The number of fused-ring (bicyclic) bond motifs is 1. The third kappa shape index (κ3) is 3.11. The van der Waals surface area contributed by atoms with Crippen molar-refractivity contribution in [3.05, 3.63) is 70.9 Å². The van der Waals surface area contributed by atoms with E-state index in [2.05, 4.69) is 20.3 Å². The zero-order valence-electron chi connectivity index (χ0n) is 14.2. The number of aromatic nitrogens is 4. The molecule has 0 atom stereocenters. The summed E-state index contributed by atoms with van der Waals surface area (Å²) in [5.41, 5.74) is 3.32. The van der Waals surface area contributed by atoms with E-state index < -0.39 is 0 Å². The molecule has 4 aromatic rings. The zero-order chi connectivity index (χ0) is 18.3. The van der Waals surface area contributed by atoms with E-state index in [4.69, 9.17) is 11.6 Å². The van der Waals surface area contributed by atoms with Gasteiger partial charge in [-0.1, -0.05) is 29.3 Å². The Labute approximate surface area is 154 Å². The van der Waals surface area contributed by atoms with Gasteiger partial charge in [0, 0.05) is 17.8 Å². The molecule has 0 saturated heterocycles. The standard InChI is InChI=1S/C19H15ClFN5/c1-11-3-6-14(7-4-11)23-19-24-17(20)10-18(25-19)26-12(2)22-15-8-5-13(21)9-16(15)26/h3-10H,1-2H3,(H,23,24,25). The van der Waals surface area contributed by atoms with Crippen LogP contribution in [0.15, 0.2) is 48.5 Å². The molecule has 0 aliphatic rings. The topological polar surface area (TPSA) is 55.6 Å². The van der Waals surface area contributed by atoms with Crippen molar-refractivity contribution >= 4 is 34.3 Å². The van der Waals surface area contributed by atoms with E-state index in [9.17, 15) is 4.39 Å². The van der Waals surface area contributed by atoms with E-state index in [-0.39, 0.29) is 11.0 Å². The summed E-state index contributed by atoms with van der Waals surface area (Å²) in [7, 11) is 0. The first-order valence-corrected chi connectivity index (χ1v) is 8.41. The number of rotatable bonds is 3. The van der Waals surface area contributed by atoms with Crippen LogP contribution in [-0.2, 0) is 0 Å². The van der Waals surface area contributed by atoms with Gasteiger partial charge in [-0.25, -0.2) is 14.4 Å². The fourth-order valence-electron chi connectivity index (χ4n) is 2.80. The third-order valence-corrected chi connectivity index (χ3v) is 4.20. The van der Waals surface area contributed by atoms with Crippen LogP contribution in [0.5, 0.6) is 0 Å². The highest BCUT2D eigenvalue weighted by atomic mass is 35.5. The number of nitrogens with one attached hydrogen (secondary N) is 1. The lowest BCUT2D eigenvalue weighted by molar-refractivity contribution is 0.629. The highest BCUT2D eigenvalue weighted by Crippen LogP contribution is 2.24. The number of nitrogens with zero attached hydrogens (tertiary/aromatic N) is 4. The molecule has 0 aliphatic carbocycles. The molecule has 7 heteroatoms.